The number of halogens is 6. The molecule has 1 saturated heterocycles. The van der Waals surface area contributed by atoms with Crippen LogP contribution >= 0.6 is 0 Å². The first kappa shape index (κ1) is 23.2. The zero-order valence-corrected chi connectivity index (χ0v) is 16.2. The molecule has 1 fully saturated rings. The Morgan fingerprint density at radius 3 is 2.72 bits per heavy atom. The molecule has 0 aliphatic carbocycles. The van der Waals surface area contributed by atoms with Gasteiger partial charge in [-0.2, -0.15) is 0 Å². The second kappa shape index (κ2) is 8.96. The Morgan fingerprint density at radius 1 is 1.28 bits per heavy atom. The monoisotopic (exact) mass is 465 g/mol. The molecule has 32 heavy (non-hydrogen) atoms. The highest BCUT2D eigenvalue weighted by molar-refractivity contribution is 5.64. The minimum Gasteiger partial charge on any atom is -0.465 e. The lowest BCUT2D eigenvalue weighted by Gasteiger charge is -2.40. The summed E-state index contributed by atoms with van der Waals surface area (Å²) in [6.45, 7) is -1.12. The van der Waals surface area contributed by atoms with Crippen LogP contribution in [0.4, 0.5) is 48.6 Å². The number of pyridine rings is 2. The van der Waals surface area contributed by atoms with Crippen LogP contribution in [0.25, 0.3) is 0 Å². The van der Waals surface area contributed by atoms with Crippen LogP contribution in [-0.4, -0.2) is 52.6 Å². The molecule has 8 nitrogen and oxygen atoms in total. The predicted octanol–water partition coefficient (Wildman–Crippen LogP) is 4.13. The number of rotatable bonds is 6. The Morgan fingerprint density at radius 2 is 2.03 bits per heavy atom. The van der Waals surface area contributed by atoms with E-state index in [-0.39, 0.29) is 24.6 Å². The molecule has 3 rings (SSSR count). The summed E-state index contributed by atoms with van der Waals surface area (Å²) in [5.74, 6) is -5.32. The number of aromatic nitrogens is 2. The Hall–Kier alpha value is -3.45. The van der Waals surface area contributed by atoms with Crippen LogP contribution in [0.5, 0.6) is 5.75 Å². The highest BCUT2D eigenvalue weighted by atomic mass is 19.4. The zero-order valence-electron chi connectivity index (χ0n) is 16.2. The number of hydrogen-bond acceptors (Lipinski definition) is 6. The Labute approximate surface area is 177 Å². The quantitative estimate of drug-likeness (QED) is 0.552. The number of nitrogens with zero attached hydrogens (tertiary/aromatic N) is 3. The third-order valence-corrected chi connectivity index (χ3v) is 4.50. The van der Waals surface area contributed by atoms with Gasteiger partial charge in [0.15, 0.2) is 11.6 Å². The summed E-state index contributed by atoms with van der Waals surface area (Å²) in [4.78, 5) is 19.5. The van der Waals surface area contributed by atoms with Crippen molar-refractivity contribution in [2.75, 3.05) is 23.3 Å². The van der Waals surface area contributed by atoms with Crippen LogP contribution in [0.2, 0.25) is 0 Å². The molecule has 3 N–H and O–H groups in total. The standard InChI is InChI=1S/C18H17F6N5O3/c19-12-1-2-13(27-14-7-11(4-6-25-14)32-18(22,23)24)28-15(12)29-9-17(20,21)5-3-10(29)8-26-16(30)31/h1-2,4,6-7,10,26H,3,5,8-9H2,(H,30,31)(H,25,27,28)/t10-/m1/s1. The molecular formula is C18H17F6N5O3. The number of amides is 1. The second-order valence-electron chi connectivity index (χ2n) is 6.91. The summed E-state index contributed by atoms with van der Waals surface area (Å²) in [5, 5.41) is 13.4. The zero-order chi connectivity index (χ0) is 23.5. The maximum absolute atomic E-state index is 14.5. The number of carboxylic acid groups (broad SMARTS) is 1. The number of anilines is 3. The summed E-state index contributed by atoms with van der Waals surface area (Å²) < 4.78 is 83.5. The van der Waals surface area contributed by atoms with E-state index in [1.54, 1.807) is 0 Å². The Bertz CT molecular complexity index is 974. The summed E-state index contributed by atoms with van der Waals surface area (Å²) in [6, 6.07) is 3.19. The number of hydrogen-bond donors (Lipinski definition) is 3. The van der Waals surface area contributed by atoms with Crippen molar-refractivity contribution in [1.29, 1.82) is 0 Å². The predicted molar refractivity (Wildman–Crippen MR) is 99.7 cm³/mol. The number of alkyl halides is 5. The van der Waals surface area contributed by atoms with Gasteiger partial charge in [0, 0.05) is 31.3 Å². The van der Waals surface area contributed by atoms with Gasteiger partial charge >= 0.3 is 12.5 Å². The molecule has 0 spiro atoms. The molecule has 0 radical (unpaired) electrons. The van der Waals surface area contributed by atoms with Gasteiger partial charge in [-0.25, -0.2) is 27.9 Å². The first-order chi connectivity index (χ1) is 14.9. The summed E-state index contributed by atoms with van der Waals surface area (Å²) >= 11 is 0. The van der Waals surface area contributed by atoms with E-state index >= 15 is 0 Å². The highest BCUT2D eigenvalue weighted by Gasteiger charge is 2.41. The van der Waals surface area contributed by atoms with Gasteiger partial charge in [-0.05, 0) is 24.6 Å². The van der Waals surface area contributed by atoms with Crippen LogP contribution in [-0.2, 0) is 0 Å². The fourth-order valence-electron chi connectivity index (χ4n) is 3.17. The molecular weight excluding hydrogens is 448 g/mol. The largest absolute Gasteiger partial charge is 0.573 e. The second-order valence-corrected chi connectivity index (χ2v) is 6.91. The van der Waals surface area contributed by atoms with Crippen molar-refractivity contribution < 1.29 is 41.0 Å². The average molecular weight is 465 g/mol. The molecule has 0 aromatic carbocycles. The van der Waals surface area contributed by atoms with E-state index in [0.717, 1.165) is 35.4 Å². The van der Waals surface area contributed by atoms with Gasteiger partial charge in [-0.3, -0.25) is 0 Å². The Kier molecular flexibility index (Phi) is 6.50. The molecule has 0 unspecified atom stereocenters. The topological polar surface area (TPSA) is 99.6 Å². The van der Waals surface area contributed by atoms with Crippen molar-refractivity contribution in [3.05, 3.63) is 36.3 Å². The lowest BCUT2D eigenvalue weighted by molar-refractivity contribution is -0.274. The lowest BCUT2D eigenvalue weighted by Crippen LogP contribution is -2.53. The molecule has 0 saturated carbocycles. The number of nitrogens with one attached hydrogen (secondary N) is 2. The molecule has 2 aromatic rings. The first-order valence-corrected chi connectivity index (χ1v) is 9.18. The van der Waals surface area contributed by atoms with Gasteiger partial charge in [-0.15, -0.1) is 13.2 Å². The van der Waals surface area contributed by atoms with Crippen LogP contribution < -0.4 is 20.3 Å². The molecule has 14 heteroatoms. The van der Waals surface area contributed by atoms with E-state index in [0.29, 0.717) is 0 Å². The molecule has 2 aromatic heterocycles. The van der Waals surface area contributed by atoms with Gasteiger partial charge in [-0.1, -0.05) is 0 Å². The van der Waals surface area contributed by atoms with Gasteiger partial charge < -0.3 is 25.4 Å². The molecule has 1 aliphatic heterocycles. The minimum absolute atomic E-state index is 0.0862. The van der Waals surface area contributed by atoms with Crippen molar-refractivity contribution in [2.24, 2.45) is 0 Å². The van der Waals surface area contributed by atoms with Crippen molar-refractivity contribution in [2.45, 2.75) is 31.2 Å². The molecule has 1 atom stereocenters. The van der Waals surface area contributed by atoms with Crippen molar-refractivity contribution >= 4 is 23.5 Å². The number of piperidine rings is 1. The van der Waals surface area contributed by atoms with E-state index in [9.17, 15) is 31.1 Å². The van der Waals surface area contributed by atoms with E-state index in [1.807, 2.05) is 0 Å². The Balaban J connectivity index is 1.85. The van der Waals surface area contributed by atoms with Crippen molar-refractivity contribution in [3.8, 4) is 5.75 Å². The van der Waals surface area contributed by atoms with Gasteiger partial charge in [0.2, 0.25) is 0 Å². The third kappa shape index (κ3) is 6.28. The van der Waals surface area contributed by atoms with E-state index in [4.69, 9.17) is 5.11 Å². The summed E-state index contributed by atoms with van der Waals surface area (Å²) in [6.07, 6.45) is -5.88. The average Bonchev–Trinajstić information content (AvgIpc) is 2.67. The molecule has 3 heterocycles. The lowest BCUT2D eigenvalue weighted by atomic mass is 9.99. The minimum atomic E-state index is -4.92. The summed E-state index contributed by atoms with van der Waals surface area (Å²) in [7, 11) is 0. The van der Waals surface area contributed by atoms with Crippen LogP contribution in [0.1, 0.15) is 12.8 Å². The fourth-order valence-corrected chi connectivity index (χ4v) is 3.17. The van der Waals surface area contributed by atoms with E-state index in [1.165, 1.54) is 0 Å². The fraction of sp³-hybridized carbons (Fsp3) is 0.389. The smallest absolute Gasteiger partial charge is 0.465 e. The normalized spacial score (nSPS) is 18.2. The van der Waals surface area contributed by atoms with Crippen LogP contribution in [0.15, 0.2) is 30.5 Å². The van der Waals surface area contributed by atoms with Crippen LogP contribution in [0, 0.1) is 5.82 Å². The van der Waals surface area contributed by atoms with Crippen molar-refractivity contribution in [1.82, 2.24) is 15.3 Å². The SMILES string of the molecule is O=C(O)NC[C@H]1CCC(F)(F)CN1c1nc(Nc2cc(OC(F)(F)F)ccn2)ccc1F. The molecule has 1 amide bonds. The maximum Gasteiger partial charge on any atom is 0.573 e. The molecule has 0 bridgehead atoms. The highest BCUT2D eigenvalue weighted by Crippen LogP contribution is 2.34. The van der Waals surface area contributed by atoms with Crippen LogP contribution in [0.3, 0.4) is 0 Å². The third-order valence-electron chi connectivity index (χ3n) is 4.50. The number of ether oxygens (including phenoxy) is 1. The van der Waals surface area contributed by atoms with E-state index < -0.39 is 54.8 Å². The first-order valence-electron chi connectivity index (χ1n) is 9.18. The van der Waals surface area contributed by atoms with Gasteiger partial charge in [0.05, 0.1) is 6.54 Å². The van der Waals surface area contributed by atoms with Gasteiger partial charge in [0.1, 0.15) is 17.4 Å². The van der Waals surface area contributed by atoms with Crippen molar-refractivity contribution in [3.63, 3.8) is 0 Å². The van der Waals surface area contributed by atoms with Gasteiger partial charge in [0.25, 0.3) is 5.92 Å². The molecule has 1 aliphatic rings. The summed E-state index contributed by atoms with van der Waals surface area (Å²) in [5.41, 5.74) is 0. The molecule has 174 valence electrons. The maximum atomic E-state index is 14.5. The number of carbonyl (C=O) groups is 1. The van der Waals surface area contributed by atoms with E-state index in [2.05, 4.69) is 25.3 Å².